The molecule has 5 heterocycles. The Labute approximate surface area is 389 Å². The normalized spacial score (nSPS) is 13.9. The first-order valence-electron chi connectivity index (χ1n) is 22.8. The average molecular weight is 909 g/mol. The standard InChI is InChI=1S/C25H27N3O3.C12H10N4.C12H17N3O3.C2H6/c1-17-8-3-4-11-20(17)18-9-7-10-19(14-18)25(12-5-6-13-25)16-28-15-21(29)23(30)22(27-28)24(31)26-2;1-16-7-11(9-5-13-8-14-6-9)10-3-2-4-15-12(10)16;1-13-12(18)10-11(17)9(16)7-15(14-10)6-8-4-2-3-5-8;1-2/h3-4,7-11,14-15,29H,5-6,12-13,16H2,1-2H3,(H,26,31);2-8H,1H3;7-8,16H,2-6H2,1H3,(H,13,18);1-2H3. The second kappa shape index (κ2) is 22.6. The van der Waals surface area contributed by atoms with Gasteiger partial charge >= 0.3 is 0 Å². The first-order valence-corrected chi connectivity index (χ1v) is 22.8. The molecule has 7 aromatic rings. The van der Waals surface area contributed by atoms with Gasteiger partial charge in [-0.3, -0.25) is 28.5 Å². The van der Waals surface area contributed by atoms with Crippen LogP contribution in [-0.2, 0) is 25.6 Å². The zero-order valence-electron chi connectivity index (χ0n) is 39.1. The number of benzene rings is 2. The number of hydrogen-bond donors (Lipinski definition) is 4. The molecule has 350 valence electrons. The molecular formula is C51H60N10O6. The van der Waals surface area contributed by atoms with Gasteiger partial charge in [0.25, 0.3) is 22.7 Å². The fourth-order valence-corrected chi connectivity index (χ4v) is 8.91. The Bertz CT molecular complexity index is 2920. The van der Waals surface area contributed by atoms with E-state index in [1.807, 2.05) is 56.1 Å². The van der Waals surface area contributed by atoms with Crippen LogP contribution in [0.3, 0.4) is 0 Å². The van der Waals surface area contributed by atoms with E-state index < -0.39 is 34.2 Å². The first kappa shape index (κ1) is 49.0. The van der Waals surface area contributed by atoms with Crippen LogP contribution >= 0.6 is 0 Å². The van der Waals surface area contributed by atoms with Crippen molar-refractivity contribution >= 4 is 22.8 Å². The Balaban J connectivity index is 0.000000175. The summed E-state index contributed by atoms with van der Waals surface area (Å²) in [4.78, 5) is 59.7. The van der Waals surface area contributed by atoms with Gasteiger partial charge in [-0.2, -0.15) is 10.2 Å². The molecule has 0 radical (unpaired) electrons. The first-order chi connectivity index (χ1) is 32.4. The molecule has 0 unspecified atom stereocenters. The van der Waals surface area contributed by atoms with Gasteiger partial charge < -0.3 is 25.4 Å². The van der Waals surface area contributed by atoms with Gasteiger partial charge in [0, 0.05) is 74.4 Å². The van der Waals surface area contributed by atoms with Crippen LogP contribution in [0.15, 0.2) is 114 Å². The number of fused-ring (bicyclic) bond motifs is 1. The number of rotatable bonds is 9. The highest BCUT2D eigenvalue weighted by Gasteiger charge is 2.37. The van der Waals surface area contributed by atoms with E-state index in [-0.39, 0.29) is 16.8 Å². The van der Waals surface area contributed by atoms with Crippen molar-refractivity contribution < 1.29 is 19.8 Å². The lowest BCUT2D eigenvalue weighted by molar-refractivity contribution is 0.0945. The van der Waals surface area contributed by atoms with Crippen LogP contribution in [-0.4, -0.2) is 75.2 Å². The lowest BCUT2D eigenvalue weighted by Crippen LogP contribution is -2.33. The molecule has 0 aliphatic heterocycles. The van der Waals surface area contributed by atoms with E-state index in [0.717, 1.165) is 60.7 Å². The Morgan fingerprint density at radius 3 is 1.99 bits per heavy atom. The molecular weight excluding hydrogens is 849 g/mol. The number of pyridine rings is 1. The number of amides is 2. The van der Waals surface area contributed by atoms with Crippen molar-refractivity contribution in [3.05, 3.63) is 147 Å². The van der Waals surface area contributed by atoms with Crippen molar-refractivity contribution in [2.75, 3.05) is 14.1 Å². The molecule has 0 saturated heterocycles. The second-order valence-electron chi connectivity index (χ2n) is 16.7. The summed E-state index contributed by atoms with van der Waals surface area (Å²) in [6.07, 6.45) is 20.5. The SMILES string of the molecule is CC.CNC(=O)c1nn(CC2(c3cccc(-c4ccccc4C)c3)CCCC2)cc(O)c1=O.CNC(=O)c1nn(CC2CCCC2)cc(O)c1=O.Cn1cc(-c2cncnc2)c2cccnc21. The summed E-state index contributed by atoms with van der Waals surface area (Å²) in [7, 11) is 4.85. The van der Waals surface area contributed by atoms with Crippen molar-refractivity contribution in [3.8, 4) is 33.8 Å². The van der Waals surface area contributed by atoms with E-state index in [9.17, 15) is 29.4 Å². The van der Waals surface area contributed by atoms with Gasteiger partial charge in [-0.15, -0.1) is 0 Å². The molecule has 4 N–H and O–H groups in total. The van der Waals surface area contributed by atoms with Crippen molar-refractivity contribution in [2.45, 2.75) is 90.6 Å². The Morgan fingerprint density at radius 2 is 1.36 bits per heavy atom. The molecule has 67 heavy (non-hydrogen) atoms. The third-order valence-electron chi connectivity index (χ3n) is 12.3. The van der Waals surface area contributed by atoms with E-state index in [1.54, 1.807) is 10.9 Å². The monoisotopic (exact) mass is 908 g/mol. The van der Waals surface area contributed by atoms with Gasteiger partial charge in [-0.1, -0.05) is 88.1 Å². The summed E-state index contributed by atoms with van der Waals surface area (Å²) in [5.41, 5.74) is 5.73. The van der Waals surface area contributed by atoms with Crippen molar-refractivity contribution in [1.82, 2.24) is 49.7 Å². The van der Waals surface area contributed by atoms with Crippen LogP contribution in [0.25, 0.3) is 33.3 Å². The van der Waals surface area contributed by atoms with Gasteiger partial charge in [-0.05, 0) is 72.9 Å². The summed E-state index contributed by atoms with van der Waals surface area (Å²) in [6, 6.07) is 20.9. The van der Waals surface area contributed by atoms with Crippen LogP contribution in [0.2, 0.25) is 0 Å². The van der Waals surface area contributed by atoms with Crippen LogP contribution in [0.4, 0.5) is 0 Å². The number of aryl methyl sites for hydroxylation is 2. The minimum atomic E-state index is -0.752. The highest BCUT2D eigenvalue weighted by Crippen LogP contribution is 2.43. The second-order valence-corrected chi connectivity index (χ2v) is 16.7. The highest BCUT2D eigenvalue weighted by molar-refractivity contribution is 5.94. The fraction of sp³-hybridized carbons (Fsp3) is 0.353. The Morgan fingerprint density at radius 1 is 0.746 bits per heavy atom. The molecule has 16 heteroatoms. The summed E-state index contributed by atoms with van der Waals surface area (Å²) >= 11 is 0. The quantitative estimate of drug-likeness (QED) is 0.112. The molecule has 2 aromatic carbocycles. The van der Waals surface area contributed by atoms with Crippen LogP contribution in [0.1, 0.15) is 97.3 Å². The van der Waals surface area contributed by atoms with Gasteiger partial charge in [-0.25, -0.2) is 15.0 Å². The van der Waals surface area contributed by atoms with Crippen LogP contribution in [0, 0.1) is 12.8 Å². The lowest BCUT2D eigenvalue weighted by Gasteiger charge is -2.31. The third-order valence-corrected chi connectivity index (χ3v) is 12.3. The maximum atomic E-state index is 12.2. The minimum absolute atomic E-state index is 0.173. The van der Waals surface area contributed by atoms with Crippen molar-refractivity contribution in [2.24, 2.45) is 13.0 Å². The van der Waals surface area contributed by atoms with Gasteiger partial charge in [0.1, 0.15) is 12.0 Å². The number of nitrogens with one attached hydrogen (secondary N) is 2. The summed E-state index contributed by atoms with van der Waals surface area (Å²) in [5.74, 6) is -1.55. The van der Waals surface area contributed by atoms with E-state index >= 15 is 0 Å². The Hall–Kier alpha value is -7.49. The molecule has 2 saturated carbocycles. The zero-order valence-corrected chi connectivity index (χ0v) is 39.1. The number of aromatic hydroxyl groups is 2. The third kappa shape index (κ3) is 11.5. The van der Waals surface area contributed by atoms with Crippen molar-refractivity contribution in [3.63, 3.8) is 0 Å². The van der Waals surface area contributed by atoms with E-state index in [1.165, 1.54) is 72.6 Å². The molecule has 5 aromatic heterocycles. The molecule has 2 aliphatic rings. The predicted octanol–water partition coefficient (Wildman–Crippen LogP) is 7.35. The summed E-state index contributed by atoms with van der Waals surface area (Å²) in [6.45, 7) is 7.24. The van der Waals surface area contributed by atoms with Crippen LogP contribution < -0.4 is 21.5 Å². The highest BCUT2D eigenvalue weighted by atomic mass is 16.3. The average Bonchev–Trinajstić information content (AvgIpc) is 4.14. The largest absolute Gasteiger partial charge is 0.503 e. The number of hydrogen-bond acceptors (Lipinski definition) is 11. The lowest BCUT2D eigenvalue weighted by atomic mass is 9.77. The number of carbonyl (C=O) groups is 2. The topological polar surface area (TPSA) is 212 Å². The molecule has 9 rings (SSSR count). The fourth-order valence-electron chi connectivity index (χ4n) is 8.91. The molecule has 0 atom stereocenters. The van der Waals surface area contributed by atoms with Gasteiger partial charge in [0.05, 0.1) is 18.9 Å². The van der Waals surface area contributed by atoms with Crippen molar-refractivity contribution in [1.29, 1.82) is 0 Å². The smallest absolute Gasteiger partial charge is 0.275 e. The molecule has 2 aliphatic carbocycles. The Kier molecular flexibility index (Phi) is 16.5. The maximum Gasteiger partial charge on any atom is 0.275 e. The molecule has 16 nitrogen and oxygen atoms in total. The van der Waals surface area contributed by atoms with E-state index in [4.69, 9.17) is 0 Å². The predicted molar refractivity (Wildman–Crippen MR) is 259 cm³/mol. The number of aromatic nitrogens is 8. The maximum absolute atomic E-state index is 12.2. The summed E-state index contributed by atoms with van der Waals surface area (Å²) < 4.78 is 5.06. The number of nitrogens with zero attached hydrogens (tertiary/aromatic N) is 8. The minimum Gasteiger partial charge on any atom is -0.503 e. The zero-order chi connectivity index (χ0) is 48.1. The van der Waals surface area contributed by atoms with Crippen LogP contribution in [0.5, 0.6) is 11.5 Å². The van der Waals surface area contributed by atoms with E-state index in [2.05, 4.69) is 91.4 Å². The van der Waals surface area contributed by atoms with Gasteiger partial charge in [0.2, 0.25) is 0 Å². The van der Waals surface area contributed by atoms with Gasteiger partial charge in [0.15, 0.2) is 22.9 Å². The molecule has 0 spiro atoms. The molecule has 0 bridgehead atoms. The molecule has 2 fully saturated rings. The number of carbonyl (C=O) groups excluding carboxylic acids is 2. The summed E-state index contributed by atoms with van der Waals surface area (Å²) in [5, 5.41) is 33.8. The molecule has 2 amide bonds. The van der Waals surface area contributed by atoms with E-state index in [0.29, 0.717) is 19.0 Å².